The van der Waals surface area contributed by atoms with Crippen LogP contribution in [0, 0.1) is 0 Å². The molecule has 0 saturated carbocycles. The third-order valence-corrected chi connectivity index (χ3v) is 5.86. The molecule has 0 bridgehead atoms. The van der Waals surface area contributed by atoms with Crippen LogP contribution in [0.1, 0.15) is 91.9 Å². The molecule has 3 unspecified atom stereocenters. The molecular weight excluding hydrogens is 357 g/mol. The second kappa shape index (κ2) is 15.0. The Balaban J connectivity index is 0. The maximum atomic E-state index is 12.0. The van der Waals surface area contributed by atoms with Crippen molar-refractivity contribution in [2.75, 3.05) is 6.61 Å². The maximum Gasteiger partial charge on any atom is 0.472 e. The molecule has 7 nitrogen and oxygen atoms in total. The Bertz CT molecular complexity index is 371. The van der Waals surface area contributed by atoms with Gasteiger partial charge in [-0.15, -0.1) is 0 Å². The van der Waals surface area contributed by atoms with Crippen LogP contribution >= 0.6 is 7.82 Å². The topological polar surface area (TPSA) is 131 Å². The Kier molecular flexibility index (Phi) is 16.2. The Labute approximate surface area is 159 Å². The third-order valence-electron chi connectivity index (χ3n) is 4.72. The zero-order chi connectivity index (χ0) is 19.3. The molecule has 0 aromatic rings. The number of phosphoric ester groups is 1. The predicted octanol–water partition coefficient (Wildman–Crippen LogP) is 4.72. The van der Waals surface area contributed by atoms with E-state index in [2.05, 4.69) is 6.92 Å². The van der Waals surface area contributed by atoms with E-state index in [0.717, 1.165) is 12.8 Å². The summed E-state index contributed by atoms with van der Waals surface area (Å²) in [5.74, 6) is 0. The Morgan fingerprint density at radius 2 is 1.27 bits per heavy atom. The van der Waals surface area contributed by atoms with E-state index in [9.17, 15) is 19.7 Å². The lowest BCUT2D eigenvalue weighted by molar-refractivity contribution is -0.117. The van der Waals surface area contributed by atoms with Crippen LogP contribution in [0.2, 0.25) is 0 Å². The number of hydrogen-bond acceptors (Lipinski definition) is 6. The van der Waals surface area contributed by atoms with E-state index in [-0.39, 0.29) is 12.8 Å². The molecule has 0 radical (unpaired) electrons. The summed E-state index contributed by atoms with van der Waals surface area (Å²) in [6.45, 7) is 6.52. The molecular formula is C18H42NO6P. The predicted molar refractivity (Wildman–Crippen MR) is 105 cm³/mol. The number of rotatable bonds is 16. The molecule has 0 spiro atoms. The van der Waals surface area contributed by atoms with Gasteiger partial charge in [-0.3, -0.25) is 9.05 Å². The highest BCUT2D eigenvalue weighted by molar-refractivity contribution is 7.47. The van der Waals surface area contributed by atoms with E-state index in [1.165, 1.54) is 65.7 Å². The van der Waals surface area contributed by atoms with E-state index in [4.69, 9.17) is 9.05 Å². The number of aliphatic hydroxyl groups is 2. The van der Waals surface area contributed by atoms with Crippen LogP contribution < -0.4 is 6.15 Å². The van der Waals surface area contributed by atoms with Gasteiger partial charge in [0, 0.05) is 0 Å². The second-order valence-electron chi connectivity index (χ2n) is 7.11. The summed E-state index contributed by atoms with van der Waals surface area (Å²) in [7, 11) is -4.32. The van der Waals surface area contributed by atoms with E-state index in [1.807, 2.05) is 0 Å². The van der Waals surface area contributed by atoms with Crippen molar-refractivity contribution in [1.82, 2.24) is 6.15 Å². The van der Waals surface area contributed by atoms with Crippen LogP contribution in [0.15, 0.2) is 0 Å². The number of phosphoric acid groups is 1. The summed E-state index contributed by atoms with van der Waals surface area (Å²) in [5.41, 5.74) is -1.55. The molecule has 0 heterocycles. The Morgan fingerprint density at radius 1 is 0.885 bits per heavy atom. The van der Waals surface area contributed by atoms with Crippen LogP contribution in [-0.2, 0) is 13.6 Å². The molecule has 160 valence electrons. The zero-order valence-electron chi connectivity index (χ0n) is 17.2. The van der Waals surface area contributed by atoms with Gasteiger partial charge in [0.15, 0.2) is 0 Å². The lowest BCUT2D eigenvalue weighted by Crippen LogP contribution is -2.48. The van der Waals surface area contributed by atoms with Gasteiger partial charge in [-0.2, -0.15) is 0 Å². The fourth-order valence-corrected chi connectivity index (χ4v) is 3.76. The smallest absolute Gasteiger partial charge is 0.390 e. The van der Waals surface area contributed by atoms with Crippen molar-refractivity contribution in [3.05, 3.63) is 0 Å². The molecule has 0 aliphatic rings. The van der Waals surface area contributed by atoms with Gasteiger partial charge in [0.2, 0.25) is 0 Å². The highest BCUT2D eigenvalue weighted by atomic mass is 31.2. The largest absolute Gasteiger partial charge is 0.472 e. The molecule has 0 aromatic carbocycles. The molecule has 26 heavy (non-hydrogen) atoms. The van der Waals surface area contributed by atoms with E-state index in [0.29, 0.717) is 6.42 Å². The molecule has 0 aliphatic carbocycles. The molecule has 0 rings (SSSR count). The molecule has 6 N–H and O–H groups in total. The maximum absolute atomic E-state index is 12.0. The van der Waals surface area contributed by atoms with Gasteiger partial charge in [0.05, 0.1) is 18.8 Å². The second-order valence-corrected chi connectivity index (χ2v) is 8.49. The number of hydrogen-bond donors (Lipinski definition) is 4. The van der Waals surface area contributed by atoms with Gasteiger partial charge < -0.3 is 21.3 Å². The van der Waals surface area contributed by atoms with Gasteiger partial charge in [0.1, 0.15) is 5.60 Å². The number of unbranched alkanes of at least 4 members (excludes halogenated alkanes) is 9. The third kappa shape index (κ3) is 12.4. The van der Waals surface area contributed by atoms with Crippen LogP contribution in [0.5, 0.6) is 0 Å². The Morgan fingerprint density at radius 3 is 1.65 bits per heavy atom. The summed E-state index contributed by atoms with van der Waals surface area (Å²) < 4.78 is 22.0. The standard InChI is InChI=1S/C18H39O6P.H3N/c1-5-6-7-8-9-10-11-12-13-14-15-23-25(21,22)24-18(4,16(2)19)17(3)20;/h16-17,19-20H,5-15H2,1-4H3,(H,21,22);1H3. The monoisotopic (exact) mass is 399 g/mol. The van der Waals surface area contributed by atoms with Crippen molar-refractivity contribution in [3.8, 4) is 0 Å². The summed E-state index contributed by atoms with van der Waals surface area (Å²) in [5, 5.41) is 19.4. The van der Waals surface area contributed by atoms with Gasteiger partial charge in [0.25, 0.3) is 0 Å². The minimum atomic E-state index is -4.32. The highest BCUT2D eigenvalue weighted by Gasteiger charge is 2.43. The summed E-state index contributed by atoms with van der Waals surface area (Å²) in [6.07, 6.45) is 9.43. The van der Waals surface area contributed by atoms with Crippen LogP contribution in [0.25, 0.3) is 0 Å². The fraction of sp³-hybridized carbons (Fsp3) is 1.00. The van der Waals surface area contributed by atoms with E-state index < -0.39 is 25.6 Å². The lowest BCUT2D eigenvalue weighted by Gasteiger charge is -2.35. The average molecular weight is 400 g/mol. The first-order valence-electron chi connectivity index (χ1n) is 9.70. The van der Waals surface area contributed by atoms with Crippen LogP contribution in [-0.4, -0.2) is 39.5 Å². The highest BCUT2D eigenvalue weighted by Crippen LogP contribution is 2.49. The van der Waals surface area contributed by atoms with Crippen molar-refractivity contribution in [2.45, 2.75) is 110 Å². The molecule has 0 aliphatic heterocycles. The van der Waals surface area contributed by atoms with E-state index in [1.54, 1.807) is 0 Å². The first-order chi connectivity index (χ1) is 11.7. The molecule has 0 aromatic heterocycles. The molecule has 0 saturated heterocycles. The molecule has 0 amide bonds. The summed E-state index contributed by atoms with van der Waals surface area (Å²) in [4.78, 5) is 9.78. The van der Waals surface area contributed by atoms with Crippen LogP contribution in [0.3, 0.4) is 0 Å². The van der Waals surface area contributed by atoms with Gasteiger partial charge in [-0.05, 0) is 27.2 Å². The first-order valence-corrected chi connectivity index (χ1v) is 11.2. The molecule has 3 atom stereocenters. The quantitative estimate of drug-likeness (QED) is 0.218. The summed E-state index contributed by atoms with van der Waals surface area (Å²) >= 11 is 0. The zero-order valence-corrected chi connectivity index (χ0v) is 18.0. The fourth-order valence-electron chi connectivity index (χ4n) is 2.55. The molecule has 8 heteroatoms. The SMILES string of the molecule is CCCCCCCCCCCCOP(=O)(O)OC(C)(C(C)O)C(C)O.N. The Hall–Kier alpha value is -0.0100. The van der Waals surface area contributed by atoms with Gasteiger partial charge in [-0.1, -0.05) is 64.7 Å². The van der Waals surface area contributed by atoms with Crippen LogP contribution in [0.4, 0.5) is 0 Å². The van der Waals surface area contributed by atoms with Crippen molar-refractivity contribution in [1.29, 1.82) is 0 Å². The lowest BCUT2D eigenvalue weighted by atomic mass is 9.95. The normalized spacial score (nSPS) is 18.4. The average Bonchev–Trinajstić information content (AvgIpc) is 2.51. The minimum Gasteiger partial charge on any atom is -0.390 e. The first kappa shape index (κ1) is 28.2. The minimum absolute atomic E-state index is 0. The van der Waals surface area contributed by atoms with E-state index >= 15 is 0 Å². The van der Waals surface area contributed by atoms with Crippen molar-refractivity contribution < 1.29 is 28.7 Å². The van der Waals surface area contributed by atoms with Crippen molar-refractivity contribution in [2.24, 2.45) is 0 Å². The molecule has 0 fully saturated rings. The number of aliphatic hydroxyl groups excluding tert-OH is 2. The van der Waals surface area contributed by atoms with Gasteiger partial charge >= 0.3 is 7.82 Å². The van der Waals surface area contributed by atoms with Gasteiger partial charge in [-0.25, -0.2) is 4.57 Å². The summed E-state index contributed by atoms with van der Waals surface area (Å²) in [6, 6.07) is 0. The van der Waals surface area contributed by atoms with Crippen molar-refractivity contribution >= 4 is 7.82 Å². The van der Waals surface area contributed by atoms with Crippen molar-refractivity contribution in [3.63, 3.8) is 0 Å².